The Morgan fingerprint density at radius 2 is 2.00 bits per heavy atom. The minimum absolute atomic E-state index is 0.271. The van der Waals surface area contributed by atoms with Gasteiger partial charge in [0.05, 0.1) is 11.6 Å². The Bertz CT molecular complexity index is 497. The Hall–Kier alpha value is -1.60. The molecule has 1 saturated carbocycles. The summed E-state index contributed by atoms with van der Waals surface area (Å²) in [4.78, 5) is 9.04. The molecule has 4 heteroatoms. The highest BCUT2D eigenvalue weighted by molar-refractivity contribution is 5.46. The van der Waals surface area contributed by atoms with Crippen LogP contribution in [-0.4, -0.2) is 43.1 Å². The second-order valence-corrected chi connectivity index (χ2v) is 5.80. The van der Waals surface area contributed by atoms with E-state index in [2.05, 4.69) is 42.0 Å². The number of likely N-dealkylation sites (N-methyl/N-ethyl adjacent to an activating group) is 2. The van der Waals surface area contributed by atoms with Gasteiger partial charge in [0.2, 0.25) is 0 Å². The largest absolute Gasteiger partial charge is 0.358 e. The summed E-state index contributed by atoms with van der Waals surface area (Å²) in [6, 6.07) is 5.89. The van der Waals surface area contributed by atoms with E-state index in [0.717, 1.165) is 18.1 Å². The monoisotopic (exact) mass is 258 g/mol. The van der Waals surface area contributed by atoms with Crippen LogP contribution in [0.25, 0.3) is 0 Å². The molecule has 1 aromatic rings. The lowest BCUT2D eigenvalue weighted by Gasteiger charge is -2.49. The number of anilines is 1. The fourth-order valence-corrected chi connectivity index (χ4v) is 2.77. The van der Waals surface area contributed by atoms with Gasteiger partial charge in [-0.2, -0.15) is 5.26 Å². The average molecular weight is 258 g/mol. The molecule has 0 unspecified atom stereocenters. The second-order valence-electron chi connectivity index (χ2n) is 5.80. The minimum Gasteiger partial charge on any atom is -0.358 e. The van der Waals surface area contributed by atoms with Crippen LogP contribution in [0.2, 0.25) is 0 Å². The summed E-state index contributed by atoms with van der Waals surface area (Å²) >= 11 is 0. The molecule has 0 saturated heterocycles. The van der Waals surface area contributed by atoms with Crippen molar-refractivity contribution in [2.75, 3.05) is 32.6 Å². The zero-order chi connectivity index (χ0) is 14.0. The van der Waals surface area contributed by atoms with Crippen molar-refractivity contribution in [2.45, 2.75) is 31.7 Å². The summed E-state index contributed by atoms with van der Waals surface area (Å²) in [7, 11) is 6.36. The maximum Gasteiger partial charge on any atom is 0.129 e. The maximum atomic E-state index is 9.04. The first kappa shape index (κ1) is 13.8. The van der Waals surface area contributed by atoms with Crippen LogP contribution in [0, 0.1) is 18.3 Å². The Morgan fingerprint density at radius 1 is 1.32 bits per heavy atom. The topological polar surface area (TPSA) is 43.2 Å². The summed E-state index contributed by atoms with van der Waals surface area (Å²) in [5.74, 6) is 0.893. The van der Waals surface area contributed by atoms with E-state index in [1.54, 1.807) is 0 Å². The van der Waals surface area contributed by atoms with Crippen LogP contribution in [0.4, 0.5) is 5.82 Å². The Labute approximate surface area is 115 Å². The van der Waals surface area contributed by atoms with E-state index in [0.29, 0.717) is 5.56 Å². The molecule has 0 amide bonds. The molecule has 0 bridgehead atoms. The molecule has 4 nitrogen and oxygen atoms in total. The number of nitrogens with zero attached hydrogens (tertiary/aromatic N) is 4. The van der Waals surface area contributed by atoms with Crippen LogP contribution >= 0.6 is 0 Å². The first-order valence-corrected chi connectivity index (χ1v) is 6.74. The van der Waals surface area contributed by atoms with Crippen molar-refractivity contribution in [1.82, 2.24) is 9.88 Å². The number of hydrogen-bond donors (Lipinski definition) is 0. The van der Waals surface area contributed by atoms with Crippen molar-refractivity contribution in [3.63, 3.8) is 0 Å². The van der Waals surface area contributed by atoms with Crippen molar-refractivity contribution in [3.05, 3.63) is 23.4 Å². The second kappa shape index (κ2) is 5.18. The number of hydrogen-bond acceptors (Lipinski definition) is 4. The van der Waals surface area contributed by atoms with Gasteiger partial charge in [0.1, 0.15) is 5.82 Å². The zero-order valence-electron chi connectivity index (χ0n) is 12.3. The third-order valence-corrected chi connectivity index (χ3v) is 4.22. The third-order valence-electron chi connectivity index (χ3n) is 4.22. The van der Waals surface area contributed by atoms with Crippen LogP contribution in [0.1, 0.15) is 30.5 Å². The van der Waals surface area contributed by atoms with Crippen LogP contribution < -0.4 is 4.90 Å². The normalized spacial score (nSPS) is 16.8. The molecule has 19 heavy (non-hydrogen) atoms. The number of nitriles is 1. The summed E-state index contributed by atoms with van der Waals surface area (Å²) in [6.07, 6.45) is 3.78. The van der Waals surface area contributed by atoms with Crippen LogP contribution in [-0.2, 0) is 0 Å². The van der Waals surface area contributed by atoms with Gasteiger partial charge >= 0.3 is 0 Å². The maximum absolute atomic E-state index is 9.04. The van der Waals surface area contributed by atoms with Gasteiger partial charge in [-0.15, -0.1) is 0 Å². The van der Waals surface area contributed by atoms with Crippen molar-refractivity contribution in [3.8, 4) is 6.07 Å². The molecule has 0 N–H and O–H groups in total. The SMILES string of the molecule is Cc1cc(C#N)cc(N(C)CC2(N(C)C)CCC2)n1. The first-order valence-electron chi connectivity index (χ1n) is 6.74. The lowest BCUT2D eigenvalue weighted by Crippen LogP contribution is -2.56. The van der Waals surface area contributed by atoms with E-state index in [-0.39, 0.29) is 5.54 Å². The van der Waals surface area contributed by atoms with Crippen LogP contribution in [0.15, 0.2) is 12.1 Å². The predicted octanol–water partition coefficient (Wildman–Crippen LogP) is 2.18. The lowest BCUT2D eigenvalue weighted by molar-refractivity contribution is 0.0682. The van der Waals surface area contributed by atoms with E-state index in [1.807, 2.05) is 19.1 Å². The zero-order valence-corrected chi connectivity index (χ0v) is 12.3. The number of aryl methyl sites for hydroxylation is 1. The smallest absolute Gasteiger partial charge is 0.129 e. The first-order chi connectivity index (χ1) is 8.97. The molecule has 2 rings (SSSR count). The molecule has 0 atom stereocenters. The highest BCUT2D eigenvalue weighted by atomic mass is 15.2. The molecule has 1 heterocycles. The van der Waals surface area contributed by atoms with Gasteiger partial charge in [-0.1, -0.05) is 0 Å². The van der Waals surface area contributed by atoms with Gasteiger partial charge in [-0.3, -0.25) is 0 Å². The predicted molar refractivity (Wildman–Crippen MR) is 77.2 cm³/mol. The molecule has 0 radical (unpaired) electrons. The van der Waals surface area contributed by atoms with Crippen molar-refractivity contribution in [2.24, 2.45) is 0 Å². The third kappa shape index (κ3) is 2.71. The van der Waals surface area contributed by atoms with Gasteiger partial charge in [-0.25, -0.2) is 4.98 Å². The summed E-state index contributed by atoms with van der Waals surface area (Å²) in [5.41, 5.74) is 1.85. The molecule has 0 aliphatic heterocycles. The number of aromatic nitrogens is 1. The van der Waals surface area contributed by atoms with Gasteiger partial charge in [-0.05, 0) is 52.4 Å². The van der Waals surface area contributed by atoms with E-state index < -0.39 is 0 Å². The van der Waals surface area contributed by atoms with Crippen molar-refractivity contribution >= 4 is 5.82 Å². The number of rotatable bonds is 4. The Balaban J connectivity index is 2.18. The molecule has 1 fully saturated rings. The molecule has 1 aliphatic carbocycles. The average Bonchev–Trinajstić information content (AvgIpc) is 2.32. The van der Waals surface area contributed by atoms with E-state index in [4.69, 9.17) is 5.26 Å². The van der Waals surface area contributed by atoms with Crippen LogP contribution in [0.3, 0.4) is 0 Å². The Morgan fingerprint density at radius 3 is 2.47 bits per heavy atom. The fraction of sp³-hybridized carbons (Fsp3) is 0.600. The molecular formula is C15H22N4. The highest BCUT2D eigenvalue weighted by Gasteiger charge is 2.40. The molecule has 102 valence electrons. The molecule has 1 aliphatic rings. The fourth-order valence-electron chi connectivity index (χ4n) is 2.77. The van der Waals surface area contributed by atoms with Gasteiger partial charge in [0.15, 0.2) is 0 Å². The quantitative estimate of drug-likeness (QED) is 0.830. The summed E-state index contributed by atoms with van der Waals surface area (Å²) in [6.45, 7) is 2.89. The highest BCUT2D eigenvalue weighted by Crippen LogP contribution is 2.37. The molecule has 1 aromatic heterocycles. The Kier molecular flexibility index (Phi) is 3.77. The molecular weight excluding hydrogens is 236 g/mol. The lowest BCUT2D eigenvalue weighted by atomic mass is 9.75. The van der Waals surface area contributed by atoms with E-state index in [1.165, 1.54) is 19.3 Å². The standard InChI is InChI=1S/C15H22N4/c1-12-8-13(10-16)9-14(17-12)19(4)11-15(18(2)3)6-5-7-15/h8-9H,5-7,11H2,1-4H3. The number of pyridine rings is 1. The summed E-state index contributed by atoms with van der Waals surface area (Å²) < 4.78 is 0. The van der Waals surface area contributed by atoms with E-state index >= 15 is 0 Å². The summed E-state index contributed by atoms with van der Waals surface area (Å²) in [5, 5.41) is 9.04. The van der Waals surface area contributed by atoms with Gasteiger partial charge < -0.3 is 9.80 Å². The van der Waals surface area contributed by atoms with Crippen molar-refractivity contribution < 1.29 is 0 Å². The van der Waals surface area contributed by atoms with Gasteiger partial charge in [0, 0.05) is 24.8 Å². The minimum atomic E-state index is 0.271. The molecule has 0 spiro atoms. The van der Waals surface area contributed by atoms with E-state index in [9.17, 15) is 0 Å². The molecule has 0 aromatic carbocycles. The van der Waals surface area contributed by atoms with Crippen LogP contribution in [0.5, 0.6) is 0 Å². The van der Waals surface area contributed by atoms with Crippen molar-refractivity contribution in [1.29, 1.82) is 5.26 Å². The van der Waals surface area contributed by atoms with Gasteiger partial charge in [0.25, 0.3) is 0 Å².